The summed E-state index contributed by atoms with van der Waals surface area (Å²) >= 11 is 1.55. The third-order valence-electron chi connectivity index (χ3n) is 4.69. The van der Waals surface area contributed by atoms with Gasteiger partial charge in [0.15, 0.2) is 0 Å². The highest BCUT2D eigenvalue weighted by molar-refractivity contribution is 7.08. The van der Waals surface area contributed by atoms with Gasteiger partial charge in [0.05, 0.1) is 24.8 Å². The molecule has 0 bridgehead atoms. The molecule has 2 saturated heterocycles. The van der Waals surface area contributed by atoms with Crippen molar-refractivity contribution < 1.29 is 14.3 Å². The van der Waals surface area contributed by atoms with Gasteiger partial charge in [-0.15, -0.1) is 0 Å². The topological polar surface area (TPSA) is 51.7 Å². The van der Waals surface area contributed by atoms with Crippen molar-refractivity contribution >= 4 is 17.2 Å². The van der Waals surface area contributed by atoms with E-state index in [4.69, 9.17) is 9.47 Å². The maximum absolute atomic E-state index is 12.8. The third-order valence-corrected chi connectivity index (χ3v) is 5.38. The minimum atomic E-state index is -0.0851. The predicted octanol–water partition coefficient (Wildman–Crippen LogP) is 2.73. The van der Waals surface area contributed by atoms with E-state index in [0.29, 0.717) is 13.2 Å². The van der Waals surface area contributed by atoms with E-state index in [9.17, 15) is 4.79 Å². The van der Waals surface area contributed by atoms with Crippen molar-refractivity contribution in [3.8, 4) is 0 Å². The number of ether oxygens (including phenoxy) is 2. The van der Waals surface area contributed by atoms with Crippen LogP contribution in [0.1, 0.15) is 28.8 Å². The zero-order valence-electron chi connectivity index (χ0n) is 13.3. The second-order valence-corrected chi connectivity index (χ2v) is 7.01. The van der Waals surface area contributed by atoms with Gasteiger partial charge in [0.2, 0.25) is 0 Å². The molecule has 2 aromatic rings. The smallest absolute Gasteiger partial charge is 0.255 e. The molecule has 4 heterocycles. The number of hydrogen-bond acceptors (Lipinski definition) is 5. The molecule has 1 amide bonds. The van der Waals surface area contributed by atoms with Crippen LogP contribution in [0, 0.1) is 0 Å². The number of nitrogens with zero attached hydrogens (tertiary/aromatic N) is 2. The third kappa shape index (κ3) is 3.09. The standard InChI is InChI=1S/C18H20N2O3S/c21-18(14-5-8-24-12-14)20-10-16(17-15(20)4-2-7-22-17)23-11-13-3-1-6-19-9-13/h1,3,5-6,8-9,12,15-17H,2,4,7,10-11H2/t15-,16+,17+/m0/s1. The Kier molecular flexibility index (Phi) is 4.60. The van der Waals surface area contributed by atoms with E-state index in [1.54, 1.807) is 17.5 Å². The quantitative estimate of drug-likeness (QED) is 0.856. The molecule has 2 aliphatic heterocycles. The maximum Gasteiger partial charge on any atom is 0.255 e. The average Bonchev–Trinajstić information content (AvgIpc) is 3.29. The van der Waals surface area contributed by atoms with Crippen LogP contribution in [0.4, 0.5) is 0 Å². The molecular weight excluding hydrogens is 324 g/mol. The molecule has 0 N–H and O–H groups in total. The van der Waals surface area contributed by atoms with Gasteiger partial charge in [0.25, 0.3) is 5.91 Å². The summed E-state index contributed by atoms with van der Waals surface area (Å²) < 4.78 is 12.1. The largest absolute Gasteiger partial charge is 0.373 e. The highest BCUT2D eigenvalue weighted by Gasteiger charge is 2.46. The van der Waals surface area contributed by atoms with Crippen LogP contribution in [0.5, 0.6) is 0 Å². The number of fused-ring (bicyclic) bond motifs is 1. The second kappa shape index (κ2) is 7.01. The van der Waals surface area contributed by atoms with Gasteiger partial charge in [-0.05, 0) is 35.9 Å². The van der Waals surface area contributed by atoms with Crippen molar-refractivity contribution in [2.24, 2.45) is 0 Å². The minimum absolute atomic E-state index is 0.0296. The lowest BCUT2D eigenvalue weighted by Gasteiger charge is -2.32. The van der Waals surface area contributed by atoms with Gasteiger partial charge in [-0.3, -0.25) is 9.78 Å². The molecule has 24 heavy (non-hydrogen) atoms. The predicted molar refractivity (Wildman–Crippen MR) is 90.9 cm³/mol. The number of hydrogen-bond donors (Lipinski definition) is 0. The number of rotatable bonds is 4. The number of thiophene rings is 1. The maximum atomic E-state index is 12.8. The monoisotopic (exact) mass is 344 g/mol. The van der Waals surface area contributed by atoms with E-state index in [0.717, 1.165) is 30.6 Å². The molecule has 3 atom stereocenters. The Morgan fingerprint density at radius 1 is 1.46 bits per heavy atom. The van der Waals surface area contributed by atoms with Crippen LogP contribution in [-0.2, 0) is 16.1 Å². The Morgan fingerprint density at radius 2 is 2.42 bits per heavy atom. The first-order valence-corrected chi connectivity index (χ1v) is 9.22. The summed E-state index contributed by atoms with van der Waals surface area (Å²) in [5.41, 5.74) is 1.80. The van der Waals surface area contributed by atoms with E-state index in [-0.39, 0.29) is 24.2 Å². The average molecular weight is 344 g/mol. The van der Waals surface area contributed by atoms with Crippen LogP contribution < -0.4 is 0 Å². The molecule has 2 aromatic heterocycles. The molecule has 0 aromatic carbocycles. The number of likely N-dealkylation sites (tertiary alicyclic amines) is 1. The SMILES string of the molecule is O=C(c1ccsc1)N1C[C@@H](OCc2cccnc2)[C@@H]2OCCC[C@@H]21. The van der Waals surface area contributed by atoms with Crippen molar-refractivity contribution in [3.05, 3.63) is 52.5 Å². The van der Waals surface area contributed by atoms with Crippen LogP contribution in [0.25, 0.3) is 0 Å². The number of pyridine rings is 1. The molecular formula is C18H20N2O3S. The summed E-state index contributed by atoms with van der Waals surface area (Å²) in [6.45, 7) is 1.82. The van der Waals surface area contributed by atoms with Gasteiger partial charge in [0, 0.05) is 24.4 Å². The van der Waals surface area contributed by atoms with Crippen molar-refractivity contribution in [3.63, 3.8) is 0 Å². The lowest BCUT2D eigenvalue weighted by atomic mass is 10.0. The number of aromatic nitrogens is 1. The number of carbonyl (C=O) groups excluding carboxylic acids is 1. The van der Waals surface area contributed by atoms with E-state index >= 15 is 0 Å². The van der Waals surface area contributed by atoms with Crippen LogP contribution in [0.2, 0.25) is 0 Å². The summed E-state index contributed by atoms with van der Waals surface area (Å²) in [4.78, 5) is 18.9. The van der Waals surface area contributed by atoms with E-state index in [1.807, 2.05) is 40.1 Å². The first-order valence-electron chi connectivity index (χ1n) is 8.28. The Balaban J connectivity index is 1.48. The molecule has 2 aliphatic rings. The van der Waals surface area contributed by atoms with Crippen molar-refractivity contribution in [2.45, 2.75) is 37.7 Å². The van der Waals surface area contributed by atoms with Crippen molar-refractivity contribution in [1.29, 1.82) is 0 Å². The lowest BCUT2D eigenvalue weighted by Crippen LogP contribution is -2.43. The normalized spacial score (nSPS) is 26.3. The fourth-order valence-electron chi connectivity index (χ4n) is 3.53. The highest BCUT2D eigenvalue weighted by Crippen LogP contribution is 2.32. The molecule has 0 aliphatic carbocycles. The summed E-state index contributed by atoms with van der Waals surface area (Å²) in [5, 5.41) is 3.85. The van der Waals surface area contributed by atoms with Gasteiger partial charge < -0.3 is 14.4 Å². The van der Waals surface area contributed by atoms with Gasteiger partial charge in [-0.2, -0.15) is 11.3 Å². The molecule has 0 unspecified atom stereocenters. The fourth-order valence-corrected chi connectivity index (χ4v) is 4.16. The number of carbonyl (C=O) groups is 1. The van der Waals surface area contributed by atoms with Crippen LogP contribution in [0.3, 0.4) is 0 Å². The lowest BCUT2D eigenvalue weighted by molar-refractivity contribution is -0.0810. The summed E-state index contributed by atoms with van der Waals surface area (Å²) in [7, 11) is 0. The number of amides is 1. The Morgan fingerprint density at radius 3 is 3.21 bits per heavy atom. The summed E-state index contributed by atoms with van der Waals surface area (Å²) in [6, 6.07) is 5.90. The van der Waals surface area contributed by atoms with Gasteiger partial charge in [-0.1, -0.05) is 6.07 Å². The zero-order chi connectivity index (χ0) is 16.4. The van der Waals surface area contributed by atoms with E-state index in [2.05, 4.69) is 4.98 Å². The fraction of sp³-hybridized carbons (Fsp3) is 0.444. The molecule has 0 radical (unpaired) electrons. The summed E-state index contributed by atoms with van der Waals surface area (Å²) in [6.07, 6.45) is 5.41. The highest BCUT2D eigenvalue weighted by atomic mass is 32.1. The van der Waals surface area contributed by atoms with E-state index in [1.165, 1.54) is 0 Å². The van der Waals surface area contributed by atoms with Crippen molar-refractivity contribution in [1.82, 2.24) is 9.88 Å². The van der Waals surface area contributed by atoms with E-state index < -0.39 is 0 Å². The molecule has 4 rings (SSSR count). The molecule has 0 saturated carbocycles. The van der Waals surface area contributed by atoms with Gasteiger partial charge in [-0.25, -0.2) is 0 Å². The first kappa shape index (κ1) is 15.7. The van der Waals surface area contributed by atoms with Crippen LogP contribution in [-0.4, -0.2) is 47.2 Å². The van der Waals surface area contributed by atoms with Gasteiger partial charge in [0.1, 0.15) is 12.2 Å². The minimum Gasteiger partial charge on any atom is -0.373 e. The zero-order valence-corrected chi connectivity index (χ0v) is 14.2. The summed E-state index contributed by atoms with van der Waals surface area (Å²) in [5.74, 6) is 0.0872. The van der Waals surface area contributed by atoms with Gasteiger partial charge >= 0.3 is 0 Å². The van der Waals surface area contributed by atoms with Crippen molar-refractivity contribution in [2.75, 3.05) is 13.2 Å². The molecule has 5 nitrogen and oxygen atoms in total. The Labute approximate surface area is 145 Å². The van der Waals surface area contributed by atoms with Crippen LogP contribution in [0.15, 0.2) is 41.4 Å². The second-order valence-electron chi connectivity index (χ2n) is 6.23. The Bertz CT molecular complexity index is 677. The van der Waals surface area contributed by atoms with Crippen LogP contribution >= 0.6 is 11.3 Å². The Hall–Kier alpha value is -1.76. The molecule has 0 spiro atoms. The molecule has 2 fully saturated rings. The first-order chi connectivity index (χ1) is 11.8. The molecule has 6 heteroatoms. The molecule has 126 valence electrons.